The van der Waals surface area contributed by atoms with E-state index in [1.54, 1.807) is 0 Å². The van der Waals surface area contributed by atoms with Crippen molar-refractivity contribution in [1.82, 2.24) is 4.90 Å². The summed E-state index contributed by atoms with van der Waals surface area (Å²) in [5, 5.41) is 13.2. The van der Waals surface area contributed by atoms with E-state index in [0.717, 1.165) is 4.90 Å². The molecule has 1 heterocycles. The van der Waals surface area contributed by atoms with E-state index in [-0.39, 0.29) is 11.4 Å². The molecule has 1 aromatic carbocycles. The second-order valence-electron chi connectivity index (χ2n) is 3.69. The summed E-state index contributed by atoms with van der Waals surface area (Å²) in [5.74, 6) is -0.831. The summed E-state index contributed by atoms with van der Waals surface area (Å²) >= 11 is 0. The van der Waals surface area contributed by atoms with Crippen molar-refractivity contribution in [3.8, 4) is 0 Å². The molecule has 1 aromatic rings. The highest BCUT2D eigenvalue weighted by atomic mass is 16.6. The summed E-state index contributed by atoms with van der Waals surface area (Å²) in [5.41, 5.74) is 0.611. The number of anilines is 1. The Kier molecular flexibility index (Phi) is 2.80. The third-order valence-corrected chi connectivity index (χ3v) is 2.49. The molecular formula is C11H9N3O4. The fourth-order valence-electron chi connectivity index (χ4n) is 1.47. The van der Waals surface area contributed by atoms with E-state index in [9.17, 15) is 19.7 Å². The Balaban J connectivity index is 2.16. The monoisotopic (exact) mass is 247 g/mol. The number of nitrogens with zero attached hydrogens (tertiary/aromatic N) is 2. The summed E-state index contributed by atoms with van der Waals surface area (Å²) in [6, 6.07) is 5.56. The molecule has 1 aliphatic rings. The topological polar surface area (TPSA) is 92.6 Å². The Morgan fingerprint density at radius 2 is 1.83 bits per heavy atom. The molecule has 0 aromatic heterocycles. The Hall–Kier alpha value is -2.70. The molecule has 1 aliphatic heterocycles. The van der Waals surface area contributed by atoms with Gasteiger partial charge in [0.1, 0.15) is 5.70 Å². The number of imide groups is 1. The zero-order valence-electron chi connectivity index (χ0n) is 9.41. The van der Waals surface area contributed by atoms with Crippen LogP contribution in [0.5, 0.6) is 0 Å². The Labute approximate surface area is 102 Å². The SMILES string of the molecule is CN1C(=O)C=C(Nc2ccc([N+](=O)[O-])cc2)C1=O. The lowest BCUT2D eigenvalue weighted by molar-refractivity contribution is -0.384. The molecule has 7 nitrogen and oxygen atoms in total. The van der Waals surface area contributed by atoms with Crippen molar-refractivity contribution in [3.05, 3.63) is 46.2 Å². The van der Waals surface area contributed by atoms with Gasteiger partial charge >= 0.3 is 0 Å². The van der Waals surface area contributed by atoms with Gasteiger partial charge in [-0.05, 0) is 12.1 Å². The lowest BCUT2D eigenvalue weighted by Gasteiger charge is -2.08. The molecule has 1 N–H and O–H groups in total. The molecular weight excluding hydrogens is 238 g/mol. The largest absolute Gasteiger partial charge is 0.351 e. The maximum atomic E-state index is 11.6. The molecule has 2 rings (SSSR count). The van der Waals surface area contributed by atoms with Crippen molar-refractivity contribution in [2.24, 2.45) is 0 Å². The van der Waals surface area contributed by atoms with Gasteiger partial charge in [-0.1, -0.05) is 0 Å². The van der Waals surface area contributed by atoms with Crippen LogP contribution in [-0.4, -0.2) is 28.7 Å². The van der Waals surface area contributed by atoms with Crippen molar-refractivity contribution in [2.75, 3.05) is 12.4 Å². The van der Waals surface area contributed by atoms with Crippen molar-refractivity contribution in [1.29, 1.82) is 0 Å². The normalized spacial score (nSPS) is 14.7. The molecule has 0 unspecified atom stereocenters. The number of likely N-dealkylation sites (N-methyl/N-ethyl adjacent to an activating group) is 1. The van der Waals surface area contributed by atoms with Crippen LogP contribution in [0.15, 0.2) is 36.0 Å². The first-order valence-corrected chi connectivity index (χ1v) is 5.04. The molecule has 2 amide bonds. The predicted molar refractivity (Wildman–Crippen MR) is 62.6 cm³/mol. The van der Waals surface area contributed by atoms with E-state index in [1.807, 2.05) is 0 Å². The number of benzene rings is 1. The number of carbonyl (C=O) groups is 2. The molecule has 0 bridgehead atoms. The fraction of sp³-hybridized carbons (Fsp3) is 0.0909. The second-order valence-corrected chi connectivity index (χ2v) is 3.69. The molecule has 0 atom stereocenters. The van der Waals surface area contributed by atoms with Crippen molar-refractivity contribution >= 4 is 23.2 Å². The molecule has 0 spiro atoms. The second kappa shape index (κ2) is 4.28. The minimum Gasteiger partial charge on any atom is -0.351 e. The van der Waals surface area contributed by atoms with Crippen molar-refractivity contribution in [2.45, 2.75) is 0 Å². The molecule has 0 saturated heterocycles. The predicted octanol–water partition coefficient (Wildman–Crippen LogP) is 0.889. The van der Waals surface area contributed by atoms with Gasteiger partial charge in [0.05, 0.1) is 4.92 Å². The van der Waals surface area contributed by atoms with Crippen LogP contribution >= 0.6 is 0 Å². The van der Waals surface area contributed by atoms with E-state index in [1.165, 1.54) is 37.4 Å². The molecule has 18 heavy (non-hydrogen) atoms. The maximum Gasteiger partial charge on any atom is 0.277 e. The van der Waals surface area contributed by atoms with E-state index in [2.05, 4.69) is 5.32 Å². The van der Waals surface area contributed by atoms with Crippen LogP contribution in [0.3, 0.4) is 0 Å². The quantitative estimate of drug-likeness (QED) is 0.486. The number of carbonyl (C=O) groups excluding carboxylic acids is 2. The van der Waals surface area contributed by atoms with Crippen LogP contribution in [0.2, 0.25) is 0 Å². The molecule has 92 valence electrons. The highest BCUT2D eigenvalue weighted by Crippen LogP contribution is 2.19. The number of nitro benzene ring substituents is 1. The fourth-order valence-corrected chi connectivity index (χ4v) is 1.47. The zero-order chi connectivity index (χ0) is 13.3. The van der Waals surface area contributed by atoms with Crippen LogP contribution in [0, 0.1) is 10.1 Å². The number of hydrogen-bond acceptors (Lipinski definition) is 5. The smallest absolute Gasteiger partial charge is 0.277 e. The summed E-state index contributed by atoms with van der Waals surface area (Å²) in [4.78, 5) is 33.7. The van der Waals surface area contributed by atoms with Crippen LogP contribution in [-0.2, 0) is 9.59 Å². The lowest BCUT2D eigenvalue weighted by atomic mass is 10.2. The van der Waals surface area contributed by atoms with Gasteiger partial charge in [0.25, 0.3) is 17.5 Å². The van der Waals surface area contributed by atoms with Crippen molar-refractivity contribution in [3.63, 3.8) is 0 Å². The average molecular weight is 247 g/mol. The number of nitro groups is 1. The van der Waals surface area contributed by atoms with Gasteiger partial charge in [-0.15, -0.1) is 0 Å². The van der Waals surface area contributed by atoms with Gasteiger partial charge in [-0.2, -0.15) is 0 Å². The van der Waals surface area contributed by atoms with Gasteiger partial charge in [-0.25, -0.2) is 0 Å². The first kappa shape index (κ1) is 11.8. The lowest BCUT2D eigenvalue weighted by Crippen LogP contribution is -2.27. The standard InChI is InChI=1S/C11H9N3O4/c1-13-10(15)6-9(11(13)16)12-7-2-4-8(5-3-7)14(17)18/h2-6,12H,1H3. The van der Waals surface area contributed by atoms with E-state index >= 15 is 0 Å². The highest BCUT2D eigenvalue weighted by Gasteiger charge is 2.27. The van der Waals surface area contributed by atoms with E-state index in [0.29, 0.717) is 5.69 Å². The van der Waals surface area contributed by atoms with E-state index in [4.69, 9.17) is 0 Å². The Morgan fingerprint density at radius 1 is 1.22 bits per heavy atom. The first-order chi connectivity index (χ1) is 8.49. The van der Waals surface area contributed by atoms with Crippen LogP contribution in [0.4, 0.5) is 11.4 Å². The Morgan fingerprint density at radius 3 is 2.28 bits per heavy atom. The van der Waals surface area contributed by atoms with Crippen LogP contribution < -0.4 is 5.32 Å². The van der Waals surface area contributed by atoms with Gasteiger partial charge < -0.3 is 5.32 Å². The molecule has 0 radical (unpaired) electrons. The summed E-state index contributed by atoms with van der Waals surface area (Å²) < 4.78 is 0. The van der Waals surface area contributed by atoms with Crippen molar-refractivity contribution < 1.29 is 14.5 Å². The summed E-state index contributed by atoms with van der Waals surface area (Å²) in [6.45, 7) is 0. The van der Waals surface area contributed by atoms with Gasteiger partial charge in [0.15, 0.2) is 0 Å². The highest BCUT2D eigenvalue weighted by molar-refractivity contribution is 6.17. The summed E-state index contributed by atoms with van der Waals surface area (Å²) in [6.07, 6.45) is 1.18. The van der Waals surface area contributed by atoms with Crippen LogP contribution in [0.25, 0.3) is 0 Å². The third kappa shape index (κ3) is 2.05. The van der Waals surface area contributed by atoms with Gasteiger partial charge in [0.2, 0.25) is 0 Å². The summed E-state index contributed by atoms with van der Waals surface area (Å²) in [7, 11) is 1.38. The third-order valence-electron chi connectivity index (χ3n) is 2.49. The molecule has 0 saturated carbocycles. The van der Waals surface area contributed by atoms with Gasteiger partial charge in [0, 0.05) is 30.9 Å². The molecule has 0 aliphatic carbocycles. The molecule has 0 fully saturated rings. The number of non-ortho nitro benzene ring substituents is 1. The minimum absolute atomic E-state index is 0.0412. The zero-order valence-corrected chi connectivity index (χ0v) is 9.41. The number of hydrogen-bond donors (Lipinski definition) is 1. The Bertz CT molecular complexity index is 562. The first-order valence-electron chi connectivity index (χ1n) is 5.04. The van der Waals surface area contributed by atoms with Crippen LogP contribution in [0.1, 0.15) is 0 Å². The van der Waals surface area contributed by atoms with E-state index < -0.39 is 16.7 Å². The average Bonchev–Trinajstić information content (AvgIpc) is 2.58. The molecule has 7 heteroatoms. The maximum absolute atomic E-state index is 11.6. The minimum atomic E-state index is -0.513. The van der Waals surface area contributed by atoms with Gasteiger partial charge in [-0.3, -0.25) is 24.6 Å². The number of rotatable bonds is 3. The number of amides is 2. The number of nitrogens with one attached hydrogen (secondary N) is 1.